The molecule has 23 heavy (non-hydrogen) atoms. The van der Waals surface area contributed by atoms with E-state index < -0.39 is 0 Å². The van der Waals surface area contributed by atoms with Crippen molar-refractivity contribution in [1.29, 1.82) is 0 Å². The zero-order chi connectivity index (χ0) is 16.1. The molecule has 0 N–H and O–H groups in total. The van der Waals surface area contributed by atoms with E-state index in [-0.39, 0.29) is 11.8 Å². The van der Waals surface area contributed by atoms with Crippen LogP contribution >= 0.6 is 11.8 Å². The van der Waals surface area contributed by atoms with Gasteiger partial charge in [0.1, 0.15) is 0 Å². The van der Waals surface area contributed by atoms with Gasteiger partial charge in [0.15, 0.2) is 0 Å². The molecule has 2 fully saturated rings. The lowest BCUT2D eigenvalue weighted by atomic mass is 10.1. The van der Waals surface area contributed by atoms with Crippen LogP contribution in [0.3, 0.4) is 0 Å². The Labute approximate surface area is 142 Å². The predicted octanol–water partition coefficient (Wildman–Crippen LogP) is 3.03. The van der Waals surface area contributed by atoms with E-state index in [1.807, 2.05) is 34.1 Å². The van der Waals surface area contributed by atoms with Crippen molar-refractivity contribution in [1.82, 2.24) is 9.80 Å². The number of carbonyl (C=O) groups excluding carboxylic acids is 2. The molecule has 124 valence electrons. The first-order chi connectivity index (χ1) is 11.3. The van der Waals surface area contributed by atoms with Gasteiger partial charge in [0.2, 0.25) is 5.91 Å². The van der Waals surface area contributed by atoms with Gasteiger partial charge < -0.3 is 9.80 Å². The van der Waals surface area contributed by atoms with Crippen molar-refractivity contribution < 1.29 is 9.59 Å². The molecule has 2 saturated heterocycles. The molecule has 2 aliphatic rings. The summed E-state index contributed by atoms with van der Waals surface area (Å²) in [5, 5.41) is 0. The molecule has 2 heterocycles. The molecule has 0 saturated carbocycles. The third-order valence-corrected chi connectivity index (χ3v) is 5.63. The van der Waals surface area contributed by atoms with Crippen molar-refractivity contribution in [3.05, 3.63) is 29.8 Å². The van der Waals surface area contributed by atoms with Gasteiger partial charge in [-0.3, -0.25) is 9.59 Å². The van der Waals surface area contributed by atoms with Crippen LogP contribution in [-0.4, -0.2) is 53.5 Å². The van der Waals surface area contributed by atoms with E-state index in [1.165, 1.54) is 18.2 Å². The van der Waals surface area contributed by atoms with Crippen molar-refractivity contribution in [2.75, 3.05) is 31.9 Å². The summed E-state index contributed by atoms with van der Waals surface area (Å²) in [6.45, 7) is 3.47. The Balaban J connectivity index is 1.65. The molecule has 0 aliphatic carbocycles. The molecular weight excluding hydrogens is 308 g/mol. The summed E-state index contributed by atoms with van der Waals surface area (Å²) < 4.78 is 0. The summed E-state index contributed by atoms with van der Waals surface area (Å²) in [5.41, 5.74) is 0.744. The smallest absolute Gasteiger partial charge is 0.254 e. The second-order valence-corrected chi connectivity index (χ2v) is 7.24. The molecule has 1 aromatic rings. The van der Waals surface area contributed by atoms with E-state index in [9.17, 15) is 9.59 Å². The summed E-state index contributed by atoms with van der Waals surface area (Å²) in [6, 6.07) is 7.69. The van der Waals surface area contributed by atoms with Crippen molar-refractivity contribution in [2.24, 2.45) is 0 Å². The number of likely N-dealkylation sites (tertiary alicyclic amines) is 2. The zero-order valence-corrected chi connectivity index (χ0v) is 14.3. The Morgan fingerprint density at radius 3 is 2.22 bits per heavy atom. The van der Waals surface area contributed by atoms with E-state index >= 15 is 0 Å². The number of hydrogen-bond donors (Lipinski definition) is 0. The Hall–Kier alpha value is -1.49. The predicted molar refractivity (Wildman–Crippen MR) is 92.7 cm³/mol. The van der Waals surface area contributed by atoms with Crippen molar-refractivity contribution >= 4 is 23.6 Å². The summed E-state index contributed by atoms with van der Waals surface area (Å²) in [7, 11) is 0. The maximum absolute atomic E-state index is 12.7. The Morgan fingerprint density at radius 1 is 0.870 bits per heavy atom. The first-order valence-electron chi connectivity index (χ1n) is 8.54. The largest absolute Gasteiger partial charge is 0.342 e. The first-order valence-corrected chi connectivity index (χ1v) is 9.53. The van der Waals surface area contributed by atoms with E-state index in [0.717, 1.165) is 62.3 Å². The minimum Gasteiger partial charge on any atom is -0.342 e. The fourth-order valence-corrected chi connectivity index (χ4v) is 4.18. The Bertz CT molecular complexity index is 564. The van der Waals surface area contributed by atoms with Gasteiger partial charge >= 0.3 is 0 Å². The van der Waals surface area contributed by atoms with Crippen molar-refractivity contribution in [3.63, 3.8) is 0 Å². The molecule has 4 nitrogen and oxygen atoms in total. The van der Waals surface area contributed by atoms with E-state index in [4.69, 9.17) is 0 Å². The highest BCUT2D eigenvalue weighted by Crippen LogP contribution is 2.25. The van der Waals surface area contributed by atoms with Crippen LogP contribution in [0.5, 0.6) is 0 Å². The van der Waals surface area contributed by atoms with Gasteiger partial charge in [-0.2, -0.15) is 0 Å². The highest BCUT2D eigenvalue weighted by atomic mass is 32.2. The Morgan fingerprint density at radius 2 is 1.48 bits per heavy atom. The second-order valence-electron chi connectivity index (χ2n) is 6.23. The molecule has 0 aromatic heterocycles. The molecule has 0 bridgehead atoms. The molecule has 3 rings (SSSR count). The molecule has 0 spiro atoms. The molecule has 0 unspecified atom stereocenters. The van der Waals surface area contributed by atoms with E-state index in [1.54, 1.807) is 0 Å². The monoisotopic (exact) mass is 332 g/mol. The van der Waals surface area contributed by atoms with Crippen molar-refractivity contribution in [2.45, 2.75) is 37.0 Å². The third-order valence-electron chi connectivity index (χ3n) is 4.57. The number of amides is 2. The fraction of sp³-hybridized carbons (Fsp3) is 0.556. The number of piperidine rings is 1. The lowest BCUT2D eigenvalue weighted by molar-refractivity contribution is -0.127. The fourth-order valence-electron chi connectivity index (χ4n) is 3.23. The van der Waals surface area contributed by atoms with E-state index in [2.05, 4.69) is 0 Å². The van der Waals surface area contributed by atoms with Crippen LogP contribution in [0, 0.1) is 0 Å². The highest BCUT2D eigenvalue weighted by Gasteiger charge is 2.22. The quantitative estimate of drug-likeness (QED) is 0.796. The third kappa shape index (κ3) is 4.08. The molecular formula is C18H24N2O2S. The molecule has 2 aliphatic heterocycles. The summed E-state index contributed by atoms with van der Waals surface area (Å²) in [5.74, 6) is 0.721. The minimum absolute atomic E-state index is 0.112. The minimum atomic E-state index is 0.112. The van der Waals surface area contributed by atoms with Crippen LogP contribution in [0.15, 0.2) is 29.2 Å². The average Bonchev–Trinajstić information content (AvgIpc) is 3.15. The van der Waals surface area contributed by atoms with Gasteiger partial charge in [0.05, 0.1) is 11.3 Å². The van der Waals surface area contributed by atoms with Crippen LogP contribution in [0.1, 0.15) is 42.5 Å². The topological polar surface area (TPSA) is 40.6 Å². The summed E-state index contributed by atoms with van der Waals surface area (Å²) >= 11 is 1.50. The van der Waals surface area contributed by atoms with Gasteiger partial charge in [0, 0.05) is 31.1 Å². The number of nitrogens with zero attached hydrogens (tertiary/aromatic N) is 2. The molecule has 0 radical (unpaired) electrons. The number of hydrogen-bond acceptors (Lipinski definition) is 3. The van der Waals surface area contributed by atoms with Crippen LogP contribution in [0.25, 0.3) is 0 Å². The Kier molecular flexibility index (Phi) is 5.60. The zero-order valence-electron chi connectivity index (χ0n) is 13.5. The standard InChI is InChI=1S/C18H24N2O2S/c21-17(19-10-6-7-11-19)14-23-16-9-3-2-8-15(16)18(22)20-12-4-1-5-13-20/h2-3,8-9H,1,4-7,10-14H2. The van der Waals surface area contributed by atoms with E-state index in [0.29, 0.717) is 5.75 Å². The molecule has 0 atom stereocenters. The first kappa shape index (κ1) is 16.4. The van der Waals surface area contributed by atoms with Crippen molar-refractivity contribution in [3.8, 4) is 0 Å². The SMILES string of the molecule is O=C(CSc1ccccc1C(=O)N1CCCCC1)N1CCCC1. The normalized spacial score (nSPS) is 18.3. The van der Waals surface area contributed by atoms with Gasteiger partial charge in [0.25, 0.3) is 5.91 Å². The number of rotatable bonds is 4. The number of carbonyl (C=O) groups is 2. The molecule has 2 amide bonds. The number of thioether (sulfide) groups is 1. The lowest BCUT2D eigenvalue weighted by Gasteiger charge is -2.27. The number of benzene rings is 1. The molecule has 5 heteroatoms. The van der Waals surface area contributed by atoms with Gasteiger partial charge in [-0.15, -0.1) is 11.8 Å². The van der Waals surface area contributed by atoms with Gasteiger partial charge in [-0.05, 0) is 44.2 Å². The average molecular weight is 332 g/mol. The maximum Gasteiger partial charge on any atom is 0.254 e. The van der Waals surface area contributed by atoms with Gasteiger partial charge in [-0.25, -0.2) is 0 Å². The van der Waals surface area contributed by atoms with Crippen LogP contribution in [-0.2, 0) is 4.79 Å². The lowest BCUT2D eigenvalue weighted by Crippen LogP contribution is -2.35. The van der Waals surface area contributed by atoms with Crippen LogP contribution in [0.4, 0.5) is 0 Å². The van der Waals surface area contributed by atoms with Crippen LogP contribution in [0.2, 0.25) is 0 Å². The summed E-state index contributed by atoms with van der Waals surface area (Å²) in [6.07, 6.45) is 5.62. The van der Waals surface area contributed by atoms with Gasteiger partial charge in [-0.1, -0.05) is 12.1 Å². The maximum atomic E-state index is 12.7. The van der Waals surface area contributed by atoms with Crippen LogP contribution < -0.4 is 0 Å². The summed E-state index contributed by atoms with van der Waals surface area (Å²) in [4.78, 5) is 29.8. The molecule has 1 aromatic carbocycles. The highest BCUT2D eigenvalue weighted by molar-refractivity contribution is 8.00. The second kappa shape index (κ2) is 7.86.